The highest BCUT2D eigenvalue weighted by Gasteiger charge is 2.40. The van der Waals surface area contributed by atoms with E-state index in [1.165, 1.54) is 69.9 Å². The quantitative estimate of drug-likeness (QED) is 0.177. The Hall–Kier alpha value is -6.68. The molecular weight excluding hydrogens is 685 g/mol. The van der Waals surface area contributed by atoms with E-state index in [1.807, 2.05) is 11.3 Å². The summed E-state index contributed by atoms with van der Waals surface area (Å²) in [6.45, 7) is 2.36. The SMILES string of the molecule is CC1(c2ccccc2)c2ccccc2-c2cc(-c3cc(-c4ccc(-c5ccc6sc7ccccc7c6c5)cc4)nc(-c4ccc5ccccc5c4)n3)ccc21. The number of fused-ring (bicyclic) bond motifs is 7. The summed E-state index contributed by atoms with van der Waals surface area (Å²) in [7, 11) is 0. The van der Waals surface area contributed by atoms with Crippen molar-refractivity contribution < 1.29 is 0 Å². The lowest BCUT2D eigenvalue weighted by Gasteiger charge is -2.28. The van der Waals surface area contributed by atoms with E-state index in [9.17, 15) is 0 Å². The van der Waals surface area contributed by atoms with Crippen LogP contribution in [0.15, 0.2) is 188 Å². The number of benzene rings is 8. The first-order valence-electron chi connectivity index (χ1n) is 18.8. The van der Waals surface area contributed by atoms with Gasteiger partial charge in [-0.3, -0.25) is 0 Å². The second-order valence-corrected chi connectivity index (χ2v) is 15.8. The Balaban J connectivity index is 1.04. The van der Waals surface area contributed by atoms with Gasteiger partial charge >= 0.3 is 0 Å². The minimum atomic E-state index is -0.248. The zero-order valence-corrected chi connectivity index (χ0v) is 31.0. The lowest BCUT2D eigenvalue weighted by molar-refractivity contribution is 0.714. The van der Waals surface area contributed by atoms with Crippen molar-refractivity contribution in [1.29, 1.82) is 0 Å². The Labute approximate surface area is 324 Å². The molecule has 0 radical (unpaired) electrons. The summed E-state index contributed by atoms with van der Waals surface area (Å²) in [5.41, 5.74) is 13.6. The number of hydrogen-bond donors (Lipinski definition) is 0. The molecule has 11 rings (SSSR count). The molecule has 1 unspecified atom stereocenters. The fourth-order valence-electron chi connectivity index (χ4n) is 8.68. The van der Waals surface area contributed by atoms with E-state index < -0.39 is 0 Å². The monoisotopic (exact) mass is 718 g/mol. The van der Waals surface area contributed by atoms with Crippen molar-refractivity contribution in [3.8, 4) is 56.2 Å². The largest absolute Gasteiger partial charge is 0.228 e. The molecule has 8 aromatic carbocycles. The van der Waals surface area contributed by atoms with Crippen molar-refractivity contribution in [2.45, 2.75) is 12.3 Å². The Bertz CT molecular complexity index is 3110. The summed E-state index contributed by atoms with van der Waals surface area (Å²) in [5.74, 6) is 0.715. The van der Waals surface area contributed by atoms with Crippen molar-refractivity contribution in [2.24, 2.45) is 0 Å². The standard InChI is InChI=1S/C52H34N2S/c1-52(40-13-3-2-4-14-40)45-17-9-7-15-41(45)43-31-38(25-27-46(43)52)48-32-47(53-51(54-48)39-24-21-33-11-5-6-12-36(33)29-39)35-22-19-34(20-23-35)37-26-28-50-44(30-37)42-16-8-10-18-49(42)55-50/h2-32H,1H3. The smallest absolute Gasteiger partial charge is 0.160 e. The molecule has 0 saturated heterocycles. The summed E-state index contributed by atoms with van der Waals surface area (Å²) >= 11 is 1.85. The van der Waals surface area contributed by atoms with E-state index in [4.69, 9.17) is 9.97 Å². The average Bonchev–Trinajstić information content (AvgIpc) is 3.76. The predicted octanol–water partition coefficient (Wildman–Crippen LogP) is 14.0. The highest BCUT2D eigenvalue weighted by molar-refractivity contribution is 7.25. The molecule has 2 heterocycles. The third-order valence-electron chi connectivity index (χ3n) is 11.6. The highest BCUT2D eigenvalue weighted by atomic mass is 32.1. The molecule has 0 spiro atoms. The molecule has 0 aliphatic heterocycles. The van der Waals surface area contributed by atoms with Crippen molar-refractivity contribution in [1.82, 2.24) is 9.97 Å². The van der Waals surface area contributed by atoms with E-state index in [0.717, 1.165) is 28.1 Å². The number of rotatable bonds is 5. The number of nitrogens with zero attached hydrogens (tertiary/aromatic N) is 2. The van der Waals surface area contributed by atoms with E-state index in [2.05, 4.69) is 195 Å². The van der Waals surface area contributed by atoms with E-state index in [-0.39, 0.29) is 5.41 Å². The van der Waals surface area contributed by atoms with Gasteiger partial charge in [-0.25, -0.2) is 9.97 Å². The maximum absolute atomic E-state index is 5.29. The van der Waals surface area contributed by atoms with Crippen LogP contribution in [0.1, 0.15) is 23.6 Å². The van der Waals surface area contributed by atoms with Crippen LogP contribution in [-0.4, -0.2) is 9.97 Å². The van der Waals surface area contributed by atoms with Gasteiger partial charge in [0, 0.05) is 42.3 Å². The summed E-state index contributed by atoms with van der Waals surface area (Å²) in [4.78, 5) is 10.5. The maximum Gasteiger partial charge on any atom is 0.160 e. The molecule has 3 heteroatoms. The first kappa shape index (κ1) is 31.8. The lowest BCUT2D eigenvalue weighted by Crippen LogP contribution is -2.22. The first-order chi connectivity index (χ1) is 27.1. The van der Waals surface area contributed by atoms with Gasteiger partial charge in [-0.15, -0.1) is 11.3 Å². The molecular formula is C52H34N2S. The van der Waals surface area contributed by atoms with Crippen LogP contribution in [0.4, 0.5) is 0 Å². The van der Waals surface area contributed by atoms with Gasteiger partial charge in [0.2, 0.25) is 0 Å². The van der Waals surface area contributed by atoms with Crippen LogP contribution in [0.2, 0.25) is 0 Å². The third kappa shape index (κ3) is 5.15. The Morgan fingerprint density at radius 2 is 1.04 bits per heavy atom. The first-order valence-corrected chi connectivity index (χ1v) is 19.6. The van der Waals surface area contributed by atoms with Crippen LogP contribution < -0.4 is 0 Å². The van der Waals surface area contributed by atoms with Gasteiger partial charge in [0.05, 0.1) is 11.4 Å². The zero-order valence-electron chi connectivity index (χ0n) is 30.2. The van der Waals surface area contributed by atoms with Crippen molar-refractivity contribution in [3.05, 3.63) is 205 Å². The van der Waals surface area contributed by atoms with Crippen LogP contribution in [0.5, 0.6) is 0 Å². The Morgan fingerprint density at radius 1 is 0.400 bits per heavy atom. The van der Waals surface area contributed by atoms with Gasteiger partial charge < -0.3 is 0 Å². The van der Waals surface area contributed by atoms with Crippen LogP contribution in [0.25, 0.3) is 87.1 Å². The Morgan fingerprint density at radius 3 is 1.91 bits per heavy atom. The molecule has 0 bridgehead atoms. The molecule has 0 fully saturated rings. The molecule has 2 nitrogen and oxygen atoms in total. The Kier molecular flexibility index (Phi) is 7.20. The fraction of sp³-hybridized carbons (Fsp3) is 0.0385. The molecule has 0 amide bonds. The summed E-state index contributed by atoms with van der Waals surface area (Å²) < 4.78 is 2.64. The van der Waals surface area contributed by atoms with Gasteiger partial charge in [0.15, 0.2) is 5.82 Å². The molecule has 0 N–H and O–H groups in total. The number of aromatic nitrogens is 2. The second kappa shape index (κ2) is 12.4. The van der Waals surface area contributed by atoms with E-state index in [1.54, 1.807) is 0 Å². The molecule has 1 aliphatic rings. The molecule has 1 aliphatic carbocycles. The van der Waals surface area contributed by atoms with Crippen molar-refractivity contribution in [2.75, 3.05) is 0 Å². The van der Waals surface area contributed by atoms with Gasteiger partial charge in [-0.05, 0) is 93.0 Å². The average molecular weight is 719 g/mol. The van der Waals surface area contributed by atoms with Crippen molar-refractivity contribution >= 4 is 42.3 Å². The van der Waals surface area contributed by atoms with Crippen LogP contribution in [0.3, 0.4) is 0 Å². The van der Waals surface area contributed by atoms with Gasteiger partial charge in [-0.2, -0.15) is 0 Å². The summed E-state index contributed by atoms with van der Waals surface area (Å²) in [5, 5.41) is 4.99. The minimum absolute atomic E-state index is 0.248. The third-order valence-corrected chi connectivity index (χ3v) is 12.7. The summed E-state index contributed by atoms with van der Waals surface area (Å²) in [6.07, 6.45) is 0. The van der Waals surface area contributed by atoms with E-state index >= 15 is 0 Å². The predicted molar refractivity (Wildman–Crippen MR) is 232 cm³/mol. The lowest BCUT2D eigenvalue weighted by atomic mass is 9.74. The van der Waals surface area contributed by atoms with Crippen LogP contribution >= 0.6 is 11.3 Å². The molecule has 2 aromatic heterocycles. The number of thiophene rings is 1. The second-order valence-electron chi connectivity index (χ2n) is 14.7. The highest BCUT2D eigenvalue weighted by Crippen LogP contribution is 2.53. The normalized spacial score (nSPS) is 14.7. The summed E-state index contributed by atoms with van der Waals surface area (Å²) in [6, 6.07) is 68.1. The molecule has 0 saturated carbocycles. The molecule has 1 atom stereocenters. The molecule has 10 aromatic rings. The van der Waals surface area contributed by atoms with Gasteiger partial charge in [0.1, 0.15) is 0 Å². The van der Waals surface area contributed by atoms with Gasteiger partial charge in [-0.1, -0.05) is 152 Å². The van der Waals surface area contributed by atoms with E-state index in [0.29, 0.717) is 5.82 Å². The molecule has 55 heavy (non-hydrogen) atoms. The van der Waals surface area contributed by atoms with Gasteiger partial charge in [0.25, 0.3) is 0 Å². The van der Waals surface area contributed by atoms with Crippen molar-refractivity contribution in [3.63, 3.8) is 0 Å². The zero-order chi connectivity index (χ0) is 36.5. The van der Waals surface area contributed by atoms with Crippen LogP contribution in [-0.2, 0) is 5.41 Å². The fourth-order valence-corrected chi connectivity index (χ4v) is 9.77. The number of hydrogen-bond acceptors (Lipinski definition) is 3. The minimum Gasteiger partial charge on any atom is -0.228 e. The molecule has 258 valence electrons. The topological polar surface area (TPSA) is 25.8 Å². The maximum atomic E-state index is 5.29. The van der Waals surface area contributed by atoms with Crippen LogP contribution in [0, 0.1) is 0 Å².